The molecule has 7 nitrogen and oxygen atoms in total. The van der Waals surface area contributed by atoms with E-state index in [2.05, 4.69) is 16.0 Å². The number of carbonyl (C=O) groups is 3. The molecule has 0 aromatic heterocycles. The Bertz CT molecular complexity index is 564. The van der Waals surface area contributed by atoms with Crippen LogP contribution in [-0.4, -0.2) is 29.6 Å². The van der Waals surface area contributed by atoms with Crippen LogP contribution in [0.25, 0.3) is 0 Å². The summed E-state index contributed by atoms with van der Waals surface area (Å²) in [6.45, 7) is 1.54. The number of aliphatic carboxylic acids is 1. The van der Waals surface area contributed by atoms with Crippen molar-refractivity contribution >= 4 is 29.3 Å². The first kappa shape index (κ1) is 14.8. The summed E-state index contributed by atoms with van der Waals surface area (Å²) in [6, 6.07) is 6.17. The van der Waals surface area contributed by atoms with Crippen molar-refractivity contribution in [3.05, 3.63) is 24.3 Å². The second kappa shape index (κ2) is 5.82. The van der Waals surface area contributed by atoms with Crippen LogP contribution in [0.4, 0.5) is 16.2 Å². The maximum Gasteiger partial charge on any atom is 0.319 e. The lowest BCUT2D eigenvalue weighted by Crippen LogP contribution is -2.36. The Labute approximate surface area is 121 Å². The van der Waals surface area contributed by atoms with Gasteiger partial charge in [-0.2, -0.15) is 0 Å². The number of carbonyl (C=O) groups excluding carboxylic acids is 2. The fraction of sp³-hybridized carbons (Fsp3) is 0.357. The van der Waals surface area contributed by atoms with Crippen molar-refractivity contribution in [2.45, 2.75) is 19.8 Å². The minimum atomic E-state index is -0.873. The van der Waals surface area contributed by atoms with Gasteiger partial charge in [0.25, 0.3) is 0 Å². The van der Waals surface area contributed by atoms with Crippen molar-refractivity contribution in [2.75, 3.05) is 17.2 Å². The Morgan fingerprint density at radius 2 is 1.62 bits per heavy atom. The predicted molar refractivity (Wildman–Crippen MR) is 77.1 cm³/mol. The average molecular weight is 291 g/mol. The van der Waals surface area contributed by atoms with Crippen molar-refractivity contribution in [1.29, 1.82) is 0 Å². The van der Waals surface area contributed by atoms with Crippen molar-refractivity contribution in [3.63, 3.8) is 0 Å². The summed E-state index contributed by atoms with van der Waals surface area (Å²) >= 11 is 0. The van der Waals surface area contributed by atoms with Gasteiger partial charge in [-0.15, -0.1) is 0 Å². The molecule has 0 spiro atoms. The molecule has 112 valence electrons. The number of hydrogen-bond donors (Lipinski definition) is 4. The molecule has 1 aromatic carbocycles. The first-order chi connectivity index (χ1) is 9.91. The number of anilines is 2. The van der Waals surface area contributed by atoms with Crippen LogP contribution in [-0.2, 0) is 9.59 Å². The third-order valence-electron chi connectivity index (χ3n) is 3.36. The first-order valence-corrected chi connectivity index (χ1v) is 6.57. The number of urea groups is 1. The van der Waals surface area contributed by atoms with Crippen molar-refractivity contribution in [1.82, 2.24) is 5.32 Å². The molecule has 0 saturated heterocycles. The number of amides is 3. The molecule has 0 atom stereocenters. The van der Waals surface area contributed by atoms with E-state index in [9.17, 15) is 14.4 Å². The minimum Gasteiger partial charge on any atom is -0.481 e. The Morgan fingerprint density at radius 1 is 1.10 bits per heavy atom. The zero-order chi connectivity index (χ0) is 15.5. The van der Waals surface area contributed by atoms with Crippen molar-refractivity contribution in [3.8, 4) is 0 Å². The van der Waals surface area contributed by atoms with E-state index < -0.39 is 17.4 Å². The maximum atomic E-state index is 11.7. The third kappa shape index (κ3) is 3.95. The number of benzene rings is 1. The lowest BCUT2D eigenvalue weighted by Gasteiger charge is -2.12. The fourth-order valence-corrected chi connectivity index (χ4v) is 1.88. The van der Waals surface area contributed by atoms with E-state index in [0.29, 0.717) is 24.2 Å². The lowest BCUT2D eigenvalue weighted by atomic mass is 10.1. The summed E-state index contributed by atoms with van der Waals surface area (Å²) in [5, 5.41) is 16.8. The lowest BCUT2D eigenvalue weighted by molar-refractivity contribution is -0.143. The summed E-state index contributed by atoms with van der Waals surface area (Å²) in [5.41, 5.74) is 0.408. The van der Waals surface area contributed by atoms with E-state index in [1.165, 1.54) is 6.92 Å². The molecule has 0 unspecified atom stereocenters. The van der Waals surface area contributed by atoms with E-state index in [1.54, 1.807) is 24.3 Å². The van der Waals surface area contributed by atoms with Gasteiger partial charge in [0.2, 0.25) is 5.91 Å². The topological polar surface area (TPSA) is 108 Å². The molecule has 1 aliphatic carbocycles. The van der Waals surface area contributed by atoms with Gasteiger partial charge in [-0.1, -0.05) is 0 Å². The molecule has 1 aromatic rings. The van der Waals surface area contributed by atoms with Gasteiger partial charge < -0.3 is 21.1 Å². The van der Waals surface area contributed by atoms with Gasteiger partial charge in [-0.3, -0.25) is 9.59 Å². The molecule has 0 bridgehead atoms. The molecule has 1 aliphatic rings. The van der Waals surface area contributed by atoms with Gasteiger partial charge in [0, 0.05) is 24.8 Å². The molecule has 2 rings (SSSR count). The maximum absolute atomic E-state index is 11.7. The quantitative estimate of drug-likeness (QED) is 0.661. The van der Waals surface area contributed by atoms with Crippen LogP contribution in [0.15, 0.2) is 24.3 Å². The first-order valence-electron chi connectivity index (χ1n) is 6.57. The van der Waals surface area contributed by atoms with Crippen LogP contribution in [0.5, 0.6) is 0 Å². The van der Waals surface area contributed by atoms with Crippen LogP contribution < -0.4 is 16.0 Å². The number of carboxylic acid groups (broad SMARTS) is 1. The molecular weight excluding hydrogens is 274 g/mol. The van der Waals surface area contributed by atoms with Gasteiger partial charge in [-0.25, -0.2) is 4.79 Å². The van der Waals surface area contributed by atoms with Crippen molar-refractivity contribution in [2.24, 2.45) is 5.41 Å². The molecule has 0 heterocycles. The molecule has 1 saturated carbocycles. The molecule has 7 heteroatoms. The normalized spacial score (nSPS) is 14.9. The number of nitrogens with one attached hydrogen (secondary N) is 3. The van der Waals surface area contributed by atoms with E-state index in [4.69, 9.17) is 5.11 Å². The highest BCUT2D eigenvalue weighted by Gasteiger charge is 2.50. The highest BCUT2D eigenvalue weighted by atomic mass is 16.4. The number of hydrogen-bond acceptors (Lipinski definition) is 3. The van der Waals surface area contributed by atoms with E-state index in [-0.39, 0.29) is 12.5 Å². The van der Waals surface area contributed by atoms with Gasteiger partial charge in [0.1, 0.15) is 0 Å². The molecule has 0 aliphatic heterocycles. The summed E-state index contributed by atoms with van der Waals surface area (Å²) in [6.07, 6.45) is 1.18. The van der Waals surface area contributed by atoms with E-state index in [1.807, 2.05) is 0 Å². The van der Waals surface area contributed by atoms with Crippen molar-refractivity contribution < 1.29 is 19.5 Å². The second-order valence-electron chi connectivity index (χ2n) is 5.15. The standard InChI is InChI=1S/C14H17N3O4/c1-9(18)16-10-2-4-11(5-3-10)17-13(21)15-8-14(6-7-14)12(19)20/h2-5H,6-8H2,1H3,(H,16,18)(H,19,20)(H2,15,17,21). The average Bonchev–Trinajstić information content (AvgIpc) is 3.19. The molecule has 21 heavy (non-hydrogen) atoms. The van der Waals surface area contributed by atoms with Gasteiger partial charge in [0.15, 0.2) is 0 Å². The highest BCUT2D eigenvalue weighted by Crippen LogP contribution is 2.45. The highest BCUT2D eigenvalue weighted by molar-refractivity contribution is 5.91. The predicted octanol–water partition coefficient (Wildman–Crippen LogP) is 1.63. The molecule has 1 fully saturated rings. The number of carboxylic acids is 1. The smallest absolute Gasteiger partial charge is 0.319 e. The zero-order valence-corrected chi connectivity index (χ0v) is 11.6. The largest absolute Gasteiger partial charge is 0.481 e. The van der Waals surface area contributed by atoms with Gasteiger partial charge >= 0.3 is 12.0 Å². The summed E-state index contributed by atoms with van der Waals surface area (Å²) < 4.78 is 0. The van der Waals surface area contributed by atoms with Gasteiger partial charge in [0.05, 0.1) is 5.41 Å². The van der Waals surface area contributed by atoms with E-state index in [0.717, 1.165) is 0 Å². The van der Waals surface area contributed by atoms with Crippen LogP contribution in [0.3, 0.4) is 0 Å². The van der Waals surface area contributed by atoms with Crippen LogP contribution in [0.1, 0.15) is 19.8 Å². The molecule has 4 N–H and O–H groups in total. The Morgan fingerprint density at radius 3 is 2.05 bits per heavy atom. The fourth-order valence-electron chi connectivity index (χ4n) is 1.88. The monoisotopic (exact) mass is 291 g/mol. The summed E-state index contributed by atoms with van der Waals surface area (Å²) in [5.74, 6) is -1.04. The molecular formula is C14H17N3O4. The summed E-state index contributed by atoms with van der Waals surface area (Å²) in [7, 11) is 0. The van der Waals surface area contributed by atoms with Crippen LogP contribution in [0, 0.1) is 5.41 Å². The third-order valence-corrected chi connectivity index (χ3v) is 3.36. The minimum absolute atomic E-state index is 0.123. The summed E-state index contributed by atoms with van der Waals surface area (Å²) in [4.78, 5) is 33.5. The Hall–Kier alpha value is -2.57. The Balaban J connectivity index is 1.82. The van der Waals surface area contributed by atoms with Gasteiger partial charge in [-0.05, 0) is 37.1 Å². The molecule has 3 amide bonds. The van der Waals surface area contributed by atoms with Crippen LogP contribution in [0.2, 0.25) is 0 Å². The SMILES string of the molecule is CC(=O)Nc1ccc(NC(=O)NCC2(C(=O)O)CC2)cc1. The number of rotatable bonds is 5. The van der Waals surface area contributed by atoms with E-state index >= 15 is 0 Å². The second-order valence-corrected chi connectivity index (χ2v) is 5.15. The Kier molecular flexibility index (Phi) is 4.11. The molecule has 0 radical (unpaired) electrons. The van der Waals surface area contributed by atoms with Crippen LogP contribution >= 0.6 is 0 Å². The zero-order valence-electron chi connectivity index (χ0n) is 11.6.